The van der Waals surface area contributed by atoms with Gasteiger partial charge in [-0.2, -0.15) is 4.98 Å². The Balaban J connectivity index is 1.48. The van der Waals surface area contributed by atoms with Crippen molar-refractivity contribution in [1.82, 2.24) is 10.1 Å². The average molecular weight is 461 g/mol. The number of nitrogens with zero attached hydrogens (tertiary/aromatic N) is 2. The topological polar surface area (TPSA) is 105 Å². The number of hydrogen-bond donors (Lipinski definition) is 1. The number of rotatable bonds is 9. The molecule has 0 radical (unpaired) electrons. The van der Waals surface area contributed by atoms with E-state index in [1.807, 2.05) is 6.07 Å². The van der Waals surface area contributed by atoms with Crippen LogP contribution in [0.25, 0.3) is 22.8 Å². The Labute approximate surface area is 196 Å². The molecule has 0 bridgehead atoms. The van der Waals surface area contributed by atoms with Gasteiger partial charge < -0.3 is 28.8 Å². The Hall–Kier alpha value is -4.53. The van der Waals surface area contributed by atoms with Crippen LogP contribution in [0.15, 0.2) is 71.3 Å². The van der Waals surface area contributed by atoms with E-state index in [1.54, 1.807) is 82.0 Å². The van der Waals surface area contributed by atoms with E-state index in [-0.39, 0.29) is 18.4 Å². The largest absolute Gasteiger partial charge is 0.497 e. The zero-order valence-electron chi connectivity index (χ0n) is 18.9. The minimum Gasteiger partial charge on any atom is -0.497 e. The molecular formula is C25H23N3O6. The molecule has 0 atom stereocenters. The van der Waals surface area contributed by atoms with Crippen molar-refractivity contribution in [1.29, 1.82) is 0 Å². The summed E-state index contributed by atoms with van der Waals surface area (Å²) in [5.41, 5.74) is 1.80. The Kier molecular flexibility index (Phi) is 6.92. The third-order valence-corrected chi connectivity index (χ3v) is 4.93. The molecule has 1 heterocycles. The summed E-state index contributed by atoms with van der Waals surface area (Å²) in [7, 11) is 4.71. The lowest BCUT2D eigenvalue weighted by Crippen LogP contribution is -2.20. The molecule has 1 amide bonds. The van der Waals surface area contributed by atoms with Gasteiger partial charge in [-0.3, -0.25) is 4.79 Å². The van der Waals surface area contributed by atoms with Crippen LogP contribution in [0.2, 0.25) is 0 Å². The number of carbonyl (C=O) groups is 1. The van der Waals surface area contributed by atoms with Crippen LogP contribution in [-0.4, -0.2) is 44.0 Å². The van der Waals surface area contributed by atoms with E-state index in [1.165, 1.54) is 0 Å². The van der Waals surface area contributed by atoms with Crippen LogP contribution < -0.4 is 24.3 Å². The second-order valence-corrected chi connectivity index (χ2v) is 7.05. The van der Waals surface area contributed by atoms with E-state index in [0.717, 1.165) is 0 Å². The van der Waals surface area contributed by atoms with Crippen LogP contribution in [-0.2, 0) is 4.79 Å². The molecule has 1 N–H and O–H groups in total. The van der Waals surface area contributed by atoms with E-state index < -0.39 is 0 Å². The van der Waals surface area contributed by atoms with Gasteiger partial charge in [0.05, 0.1) is 32.6 Å². The third kappa shape index (κ3) is 5.09. The quantitative estimate of drug-likeness (QED) is 0.390. The fourth-order valence-electron chi connectivity index (χ4n) is 3.21. The molecule has 9 nitrogen and oxygen atoms in total. The maximum Gasteiger partial charge on any atom is 0.262 e. The summed E-state index contributed by atoms with van der Waals surface area (Å²) >= 11 is 0. The minimum absolute atomic E-state index is 0.165. The number of anilines is 1. The monoisotopic (exact) mass is 461 g/mol. The SMILES string of the molecule is COc1ccc(OCC(=O)Nc2ccccc2-c2nc(-c3ccc(OC)c(OC)c3)no2)cc1. The molecular weight excluding hydrogens is 438 g/mol. The van der Waals surface area contributed by atoms with Crippen LogP contribution in [0.3, 0.4) is 0 Å². The molecule has 0 unspecified atom stereocenters. The van der Waals surface area contributed by atoms with Gasteiger partial charge >= 0.3 is 0 Å². The number of methoxy groups -OCH3 is 3. The first-order valence-electron chi connectivity index (χ1n) is 10.3. The van der Waals surface area contributed by atoms with E-state index in [4.69, 9.17) is 23.5 Å². The first-order valence-corrected chi connectivity index (χ1v) is 10.3. The smallest absolute Gasteiger partial charge is 0.262 e. The van der Waals surface area contributed by atoms with Crippen molar-refractivity contribution in [2.45, 2.75) is 0 Å². The van der Waals surface area contributed by atoms with Gasteiger partial charge in [-0.15, -0.1) is 0 Å². The summed E-state index contributed by atoms with van der Waals surface area (Å²) in [5, 5.41) is 6.91. The van der Waals surface area contributed by atoms with Crippen molar-refractivity contribution < 1.29 is 28.3 Å². The number of para-hydroxylation sites is 1. The van der Waals surface area contributed by atoms with E-state index in [2.05, 4.69) is 15.5 Å². The Morgan fingerprint density at radius 3 is 2.35 bits per heavy atom. The van der Waals surface area contributed by atoms with Crippen molar-refractivity contribution >= 4 is 11.6 Å². The highest BCUT2D eigenvalue weighted by molar-refractivity contribution is 5.95. The van der Waals surface area contributed by atoms with Crippen LogP contribution in [0.1, 0.15) is 0 Å². The fourth-order valence-corrected chi connectivity index (χ4v) is 3.21. The first-order chi connectivity index (χ1) is 16.6. The molecule has 0 saturated heterocycles. The zero-order valence-corrected chi connectivity index (χ0v) is 18.9. The molecule has 0 spiro atoms. The molecule has 0 aliphatic rings. The maximum atomic E-state index is 12.5. The van der Waals surface area contributed by atoms with Gasteiger partial charge in [0, 0.05) is 5.56 Å². The van der Waals surface area contributed by atoms with Gasteiger partial charge in [0.2, 0.25) is 5.82 Å². The molecule has 3 aromatic carbocycles. The second-order valence-electron chi connectivity index (χ2n) is 7.05. The highest BCUT2D eigenvalue weighted by atomic mass is 16.5. The van der Waals surface area contributed by atoms with Crippen LogP contribution in [0, 0.1) is 0 Å². The van der Waals surface area contributed by atoms with Crippen LogP contribution in [0.5, 0.6) is 23.0 Å². The molecule has 34 heavy (non-hydrogen) atoms. The van der Waals surface area contributed by atoms with E-state index >= 15 is 0 Å². The van der Waals surface area contributed by atoms with Crippen molar-refractivity contribution in [2.75, 3.05) is 33.3 Å². The van der Waals surface area contributed by atoms with Gasteiger partial charge in [0.1, 0.15) is 11.5 Å². The lowest BCUT2D eigenvalue weighted by Gasteiger charge is -2.10. The number of nitrogens with one attached hydrogen (secondary N) is 1. The van der Waals surface area contributed by atoms with E-state index in [0.29, 0.717) is 45.6 Å². The number of carbonyl (C=O) groups excluding carboxylic acids is 1. The third-order valence-electron chi connectivity index (χ3n) is 4.93. The maximum absolute atomic E-state index is 12.5. The summed E-state index contributed by atoms with van der Waals surface area (Å²) in [6.07, 6.45) is 0. The average Bonchev–Trinajstić information content (AvgIpc) is 3.38. The van der Waals surface area contributed by atoms with Crippen molar-refractivity contribution in [3.8, 4) is 45.8 Å². The number of hydrogen-bond acceptors (Lipinski definition) is 8. The molecule has 174 valence electrons. The Morgan fingerprint density at radius 2 is 1.62 bits per heavy atom. The van der Waals surface area contributed by atoms with Gasteiger partial charge in [-0.25, -0.2) is 0 Å². The molecule has 0 aliphatic heterocycles. The molecule has 0 saturated carbocycles. The summed E-state index contributed by atoms with van der Waals surface area (Å²) < 4.78 is 26.8. The lowest BCUT2D eigenvalue weighted by molar-refractivity contribution is -0.118. The summed E-state index contributed by atoms with van der Waals surface area (Å²) in [5.74, 6) is 2.72. The number of aromatic nitrogens is 2. The fraction of sp³-hybridized carbons (Fsp3) is 0.160. The zero-order chi connectivity index (χ0) is 23.9. The summed E-state index contributed by atoms with van der Waals surface area (Å²) in [6, 6.07) is 19.5. The predicted molar refractivity (Wildman–Crippen MR) is 125 cm³/mol. The van der Waals surface area contributed by atoms with Gasteiger partial charge in [0.25, 0.3) is 11.8 Å². The molecule has 4 aromatic rings. The highest BCUT2D eigenvalue weighted by Gasteiger charge is 2.17. The van der Waals surface area contributed by atoms with Crippen LogP contribution >= 0.6 is 0 Å². The predicted octanol–water partition coefficient (Wildman–Crippen LogP) is 4.45. The lowest BCUT2D eigenvalue weighted by atomic mass is 10.1. The second kappa shape index (κ2) is 10.4. The first kappa shape index (κ1) is 22.7. The minimum atomic E-state index is -0.331. The van der Waals surface area contributed by atoms with E-state index in [9.17, 15) is 4.79 Å². The van der Waals surface area contributed by atoms with Crippen molar-refractivity contribution in [2.24, 2.45) is 0 Å². The standard InChI is InChI=1S/C25H23N3O6/c1-30-17-9-11-18(12-10-17)33-15-23(29)26-20-7-5-4-6-19(20)25-27-24(28-34-25)16-8-13-21(31-2)22(14-16)32-3/h4-14H,15H2,1-3H3,(H,26,29). The van der Waals surface area contributed by atoms with Gasteiger partial charge in [-0.05, 0) is 54.6 Å². The van der Waals surface area contributed by atoms with Crippen molar-refractivity contribution in [3.63, 3.8) is 0 Å². The summed E-state index contributed by atoms with van der Waals surface area (Å²) in [4.78, 5) is 17.0. The number of amides is 1. The van der Waals surface area contributed by atoms with Gasteiger partial charge in [-0.1, -0.05) is 17.3 Å². The van der Waals surface area contributed by atoms with Crippen molar-refractivity contribution in [3.05, 3.63) is 66.7 Å². The Bertz CT molecular complexity index is 1270. The van der Waals surface area contributed by atoms with Crippen LogP contribution in [0.4, 0.5) is 5.69 Å². The molecule has 4 rings (SSSR count). The molecule has 0 aliphatic carbocycles. The molecule has 0 fully saturated rings. The Morgan fingerprint density at radius 1 is 0.882 bits per heavy atom. The number of benzene rings is 3. The molecule has 1 aromatic heterocycles. The molecule has 9 heteroatoms. The summed E-state index contributed by atoms with van der Waals surface area (Å²) in [6.45, 7) is -0.165. The highest BCUT2D eigenvalue weighted by Crippen LogP contribution is 2.33. The number of ether oxygens (including phenoxy) is 4. The normalized spacial score (nSPS) is 10.4. The van der Waals surface area contributed by atoms with Gasteiger partial charge in [0.15, 0.2) is 18.1 Å².